The molecule has 0 aliphatic heterocycles. The van der Waals surface area contributed by atoms with E-state index in [9.17, 15) is 20.0 Å². The summed E-state index contributed by atoms with van der Waals surface area (Å²) in [6.07, 6.45) is 0. The molecule has 1 aromatic heterocycles. The number of non-ortho nitro benzene ring substituents is 1. The number of aromatic hydroxyl groups is 1. The van der Waals surface area contributed by atoms with Crippen molar-refractivity contribution < 1.29 is 19.2 Å². The van der Waals surface area contributed by atoms with Crippen LogP contribution in [0.2, 0.25) is 10.0 Å². The molecule has 5 aromatic rings. The molecule has 0 spiro atoms. The second-order valence-corrected chi connectivity index (χ2v) is 8.97. The number of hydrogen-bond donors (Lipinski definition) is 2. The van der Waals surface area contributed by atoms with Crippen LogP contribution in [0.4, 0.5) is 11.6 Å². The fourth-order valence-corrected chi connectivity index (χ4v) is 4.45. The van der Waals surface area contributed by atoms with E-state index in [1.165, 1.54) is 18.2 Å². The van der Waals surface area contributed by atoms with E-state index in [2.05, 4.69) is 10.3 Å². The van der Waals surface area contributed by atoms with Gasteiger partial charge in [-0.3, -0.25) is 20.2 Å². The molecule has 1 amide bonds. The lowest BCUT2D eigenvalue weighted by Gasteiger charge is -2.07. The molecule has 0 unspecified atom stereocenters. The van der Waals surface area contributed by atoms with Crippen molar-refractivity contribution in [2.45, 2.75) is 0 Å². The highest BCUT2D eigenvalue weighted by atomic mass is 35.5. The number of carbonyl (C=O) groups excluding carboxylic acids is 1. The minimum Gasteiger partial charge on any atom is -0.507 e. The average Bonchev–Trinajstić information content (AvgIpc) is 3.31. The second-order valence-electron chi connectivity index (χ2n) is 8.15. The van der Waals surface area contributed by atoms with Crippen LogP contribution in [0.5, 0.6) is 5.75 Å². The molecule has 188 valence electrons. The van der Waals surface area contributed by atoms with E-state index in [1.807, 2.05) is 0 Å². The fraction of sp³-hybridized carbons (Fsp3) is 0. The molecule has 10 heteroatoms. The summed E-state index contributed by atoms with van der Waals surface area (Å²) in [7, 11) is 0. The molecule has 0 saturated heterocycles. The highest BCUT2D eigenvalue weighted by molar-refractivity contribution is 6.39. The molecule has 0 radical (unpaired) electrons. The summed E-state index contributed by atoms with van der Waals surface area (Å²) in [6.45, 7) is 0. The van der Waals surface area contributed by atoms with Gasteiger partial charge in [-0.15, -0.1) is 0 Å². The predicted molar refractivity (Wildman–Crippen MR) is 146 cm³/mol. The first-order chi connectivity index (χ1) is 18.3. The number of benzene rings is 4. The number of hydrogen-bond acceptors (Lipinski definition) is 6. The molecule has 2 N–H and O–H groups in total. The zero-order valence-corrected chi connectivity index (χ0v) is 20.9. The lowest BCUT2D eigenvalue weighted by atomic mass is 10.0. The summed E-state index contributed by atoms with van der Waals surface area (Å²) < 4.78 is 5.92. The summed E-state index contributed by atoms with van der Waals surface area (Å²) in [5.41, 5.74) is 2.18. The Labute approximate surface area is 226 Å². The number of amides is 1. The van der Waals surface area contributed by atoms with Crippen molar-refractivity contribution >= 4 is 40.7 Å². The summed E-state index contributed by atoms with van der Waals surface area (Å²) in [6, 6.07) is 24.2. The van der Waals surface area contributed by atoms with E-state index in [1.54, 1.807) is 72.8 Å². The summed E-state index contributed by atoms with van der Waals surface area (Å²) in [4.78, 5) is 28.1. The molecule has 0 bridgehead atoms. The van der Waals surface area contributed by atoms with Crippen LogP contribution < -0.4 is 5.32 Å². The highest BCUT2D eigenvalue weighted by Gasteiger charge is 2.24. The van der Waals surface area contributed by atoms with E-state index in [0.29, 0.717) is 22.3 Å². The van der Waals surface area contributed by atoms with Crippen LogP contribution in [-0.2, 0) is 0 Å². The number of nitrogens with zero attached hydrogens (tertiary/aromatic N) is 2. The average molecular weight is 546 g/mol. The van der Waals surface area contributed by atoms with Gasteiger partial charge in [-0.25, -0.2) is 4.98 Å². The van der Waals surface area contributed by atoms with E-state index in [0.717, 1.165) is 0 Å². The number of phenols is 1. The third-order valence-corrected chi connectivity index (χ3v) is 6.34. The number of nitrogens with one attached hydrogen (secondary N) is 1. The zero-order valence-electron chi connectivity index (χ0n) is 19.4. The quantitative estimate of drug-likeness (QED) is 0.165. The number of rotatable bonds is 6. The van der Waals surface area contributed by atoms with Gasteiger partial charge in [0.05, 0.1) is 20.5 Å². The fourth-order valence-electron chi connectivity index (χ4n) is 3.87. The van der Waals surface area contributed by atoms with Gasteiger partial charge < -0.3 is 9.52 Å². The largest absolute Gasteiger partial charge is 0.507 e. The molecule has 5 rings (SSSR count). The van der Waals surface area contributed by atoms with Crippen LogP contribution in [-0.4, -0.2) is 20.9 Å². The summed E-state index contributed by atoms with van der Waals surface area (Å²) >= 11 is 12.8. The minimum absolute atomic E-state index is 0.00226. The Morgan fingerprint density at radius 2 is 1.58 bits per heavy atom. The Kier molecular flexibility index (Phi) is 6.83. The number of nitro benzene ring substituents is 1. The monoisotopic (exact) mass is 545 g/mol. The minimum atomic E-state index is -0.489. The highest BCUT2D eigenvalue weighted by Crippen LogP contribution is 2.42. The number of oxazole rings is 1. The number of anilines is 1. The molecular weight excluding hydrogens is 529 g/mol. The Bertz CT molecular complexity index is 1670. The van der Waals surface area contributed by atoms with Crippen LogP contribution in [0, 0.1) is 10.1 Å². The van der Waals surface area contributed by atoms with Gasteiger partial charge in [0.2, 0.25) is 11.8 Å². The van der Waals surface area contributed by atoms with Gasteiger partial charge in [0.1, 0.15) is 11.4 Å². The van der Waals surface area contributed by atoms with Crippen molar-refractivity contribution in [2.75, 3.05) is 5.32 Å². The van der Waals surface area contributed by atoms with Crippen molar-refractivity contribution in [3.8, 4) is 39.6 Å². The molecular formula is C28H17Cl2N3O5. The molecule has 38 heavy (non-hydrogen) atoms. The molecule has 0 fully saturated rings. The summed E-state index contributed by atoms with van der Waals surface area (Å²) in [5.74, 6) is -0.635. The molecule has 1 heterocycles. The standard InChI is InChI=1S/C28H17Cl2N3O5/c29-21-10-5-11-22(30)24(21)25-28(32-26(35)16-6-2-1-3-7-16)38-27(31-25)20-13-12-18(15-23(20)34)17-8-4-9-19(14-17)33(36)37/h1-15,34H,(H,32,35). The molecule has 0 aliphatic rings. The van der Waals surface area contributed by atoms with E-state index in [-0.39, 0.29) is 44.5 Å². The molecule has 0 aliphatic carbocycles. The maximum Gasteiger partial charge on any atom is 0.270 e. The van der Waals surface area contributed by atoms with E-state index >= 15 is 0 Å². The number of nitro groups is 1. The Morgan fingerprint density at radius 3 is 2.26 bits per heavy atom. The third kappa shape index (κ3) is 4.95. The second kappa shape index (κ2) is 10.4. The van der Waals surface area contributed by atoms with Gasteiger partial charge in [-0.1, -0.05) is 65.7 Å². The summed E-state index contributed by atoms with van der Waals surface area (Å²) in [5, 5.41) is 25.3. The van der Waals surface area contributed by atoms with Crippen molar-refractivity contribution in [1.82, 2.24) is 4.98 Å². The first-order valence-corrected chi connectivity index (χ1v) is 12.0. The molecule has 0 saturated carbocycles. The first kappa shape index (κ1) is 25.0. The van der Waals surface area contributed by atoms with Crippen molar-refractivity contribution in [3.05, 3.63) is 117 Å². The molecule has 4 aromatic carbocycles. The van der Waals surface area contributed by atoms with Crippen LogP contribution >= 0.6 is 23.2 Å². The smallest absolute Gasteiger partial charge is 0.270 e. The molecule has 8 nitrogen and oxygen atoms in total. The van der Waals surface area contributed by atoms with Crippen LogP contribution in [0.15, 0.2) is 95.4 Å². The van der Waals surface area contributed by atoms with Crippen molar-refractivity contribution in [1.29, 1.82) is 0 Å². The predicted octanol–water partition coefficient (Wildman–Crippen LogP) is 7.85. The number of carbonyl (C=O) groups is 1. The van der Waals surface area contributed by atoms with Crippen molar-refractivity contribution in [2.24, 2.45) is 0 Å². The third-order valence-electron chi connectivity index (χ3n) is 5.71. The Hall–Kier alpha value is -4.66. The van der Waals surface area contributed by atoms with Crippen molar-refractivity contribution in [3.63, 3.8) is 0 Å². The van der Waals surface area contributed by atoms with Gasteiger partial charge in [-0.2, -0.15) is 0 Å². The Morgan fingerprint density at radius 1 is 0.895 bits per heavy atom. The lowest BCUT2D eigenvalue weighted by molar-refractivity contribution is -0.384. The number of halogens is 2. The Balaban J connectivity index is 1.58. The van der Waals surface area contributed by atoms with Gasteiger partial charge in [0.25, 0.3) is 11.6 Å². The maximum absolute atomic E-state index is 12.9. The van der Waals surface area contributed by atoms with E-state index in [4.69, 9.17) is 27.6 Å². The van der Waals surface area contributed by atoms with E-state index < -0.39 is 10.8 Å². The first-order valence-electron chi connectivity index (χ1n) is 11.2. The van der Waals surface area contributed by atoms with Crippen LogP contribution in [0.3, 0.4) is 0 Å². The van der Waals surface area contributed by atoms with Gasteiger partial charge in [0.15, 0.2) is 0 Å². The zero-order chi connectivity index (χ0) is 26.8. The van der Waals surface area contributed by atoms with Crippen LogP contribution in [0.25, 0.3) is 33.8 Å². The van der Waals surface area contributed by atoms with Gasteiger partial charge >= 0.3 is 0 Å². The lowest BCUT2D eigenvalue weighted by Crippen LogP contribution is -2.11. The molecule has 0 atom stereocenters. The SMILES string of the molecule is O=C(Nc1oc(-c2ccc(-c3cccc([N+](=O)[O-])c3)cc2O)nc1-c1c(Cl)cccc1Cl)c1ccccc1. The van der Waals surface area contributed by atoms with Gasteiger partial charge in [0, 0.05) is 23.3 Å². The van der Waals surface area contributed by atoms with Gasteiger partial charge in [-0.05, 0) is 47.5 Å². The number of phenolic OH excluding ortho intramolecular Hbond substituents is 1. The topological polar surface area (TPSA) is 118 Å². The van der Waals surface area contributed by atoms with Crippen LogP contribution in [0.1, 0.15) is 10.4 Å². The number of aromatic nitrogens is 1. The normalized spacial score (nSPS) is 10.8. The maximum atomic E-state index is 12.9.